The molecule has 124 valence electrons. The lowest BCUT2D eigenvalue weighted by molar-refractivity contribution is 0.0126. The molecule has 1 rings (SSSR count). The van der Waals surface area contributed by atoms with Crippen molar-refractivity contribution in [3.05, 3.63) is 29.6 Å². The Morgan fingerprint density at radius 1 is 1.41 bits per heavy atom. The van der Waals surface area contributed by atoms with E-state index in [2.05, 4.69) is 5.32 Å². The molecule has 1 aromatic rings. The largest absolute Gasteiger partial charge is 0.444 e. The molecule has 1 amide bonds. The van der Waals surface area contributed by atoms with Crippen LogP contribution in [0.4, 0.5) is 14.9 Å². The minimum Gasteiger partial charge on any atom is -0.444 e. The summed E-state index contributed by atoms with van der Waals surface area (Å²) in [5.41, 5.74) is 5.30. The predicted molar refractivity (Wildman–Crippen MR) is 80.6 cm³/mol. The van der Waals surface area contributed by atoms with E-state index in [1.165, 1.54) is 6.07 Å². The van der Waals surface area contributed by atoms with Crippen LogP contribution < -0.4 is 11.1 Å². The molecule has 0 bridgehead atoms. The average Bonchev–Trinajstić information content (AvgIpc) is 2.35. The van der Waals surface area contributed by atoms with Crippen LogP contribution in [0, 0.1) is 5.82 Å². The van der Waals surface area contributed by atoms with E-state index in [4.69, 9.17) is 10.5 Å². The quantitative estimate of drug-likeness (QED) is 0.619. The molecule has 5 N–H and O–H groups in total. The standard InChI is InChI=1S/C15H23FN2O4/c1-15(2,3)22-14(21)18-7-6-12(19)13(20)10-5-4-9(16)8-11(10)17/h4-5,8,12-13,19-20H,6-7,17H2,1-3H3,(H,18,21). The first-order chi connectivity index (χ1) is 10.1. The van der Waals surface area contributed by atoms with Crippen molar-refractivity contribution in [3.63, 3.8) is 0 Å². The van der Waals surface area contributed by atoms with Gasteiger partial charge in [-0.25, -0.2) is 9.18 Å². The maximum atomic E-state index is 13.0. The van der Waals surface area contributed by atoms with E-state index in [0.717, 1.165) is 12.1 Å². The molecule has 2 unspecified atom stereocenters. The maximum absolute atomic E-state index is 13.0. The molecule has 1 aromatic carbocycles. The third-order valence-corrected chi connectivity index (χ3v) is 2.84. The molecule has 0 aliphatic rings. The first-order valence-electron chi connectivity index (χ1n) is 6.98. The van der Waals surface area contributed by atoms with Crippen LogP contribution in [-0.4, -0.2) is 34.6 Å². The zero-order chi connectivity index (χ0) is 16.9. The van der Waals surface area contributed by atoms with Gasteiger partial charge in [0.2, 0.25) is 0 Å². The molecule has 2 atom stereocenters. The molecule has 7 heteroatoms. The van der Waals surface area contributed by atoms with E-state index >= 15 is 0 Å². The fourth-order valence-corrected chi connectivity index (χ4v) is 1.82. The van der Waals surface area contributed by atoms with Crippen molar-refractivity contribution in [2.45, 2.75) is 45.0 Å². The second-order valence-electron chi connectivity index (χ2n) is 6.00. The molecule has 0 heterocycles. The van der Waals surface area contributed by atoms with Gasteiger partial charge in [-0.2, -0.15) is 0 Å². The number of aliphatic hydroxyl groups is 2. The summed E-state index contributed by atoms with van der Waals surface area (Å²) >= 11 is 0. The second-order valence-corrected chi connectivity index (χ2v) is 6.00. The normalized spacial score (nSPS) is 14.3. The Balaban J connectivity index is 2.48. The number of carbonyl (C=O) groups is 1. The summed E-state index contributed by atoms with van der Waals surface area (Å²) in [7, 11) is 0. The first-order valence-corrected chi connectivity index (χ1v) is 6.98. The van der Waals surface area contributed by atoms with Crippen LogP contribution in [0.5, 0.6) is 0 Å². The molecule has 0 saturated carbocycles. The number of benzene rings is 1. The number of aliphatic hydroxyl groups excluding tert-OH is 2. The molecule has 22 heavy (non-hydrogen) atoms. The van der Waals surface area contributed by atoms with E-state index in [1.807, 2.05) is 0 Å². The molecular weight excluding hydrogens is 291 g/mol. The minimum atomic E-state index is -1.26. The van der Waals surface area contributed by atoms with Gasteiger partial charge in [-0.05, 0) is 39.3 Å². The smallest absolute Gasteiger partial charge is 0.407 e. The Morgan fingerprint density at radius 3 is 2.59 bits per heavy atom. The second kappa shape index (κ2) is 7.42. The van der Waals surface area contributed by atoms with Crippen molar-refractivity contribution in [3.8, 4) is 0 Å². The highest BCUT2D eigenvalue weighted by molar-refractivity contribution is 5.67. The number of amides is 1. The molecule has 0 saturated heterocycles. The van der Waals surface area contributed by atoms with Crippen LogP contribution in [0.15, 0.2) is 18.2 Å². The number of ether oxygens (including phenoxy) is 1. The lowest BCUT2D eigenvalue weighted by atomic mass is 10.0. The number of halogens is 1. The van der Waals surface area contributed by atoms with Crippen LogP contribution in [0.3, 0.4) is 0 Å². The van der Waals surface area contributed by atoms with Crippen LogP contribution in [-0.2, 0) is 4.74 Å². The zero-order valence-electron chi connectivity index (χ0n) is 13.0. The number of hydrogen-bond donors (Lipinski definition) is 4. The number of hydrogen-bond acceptors (Lipinski definition) is 5. The van der Waals surface area contributed by atoms with Gasteiger partial charge in [-0.3, -0.25) is 0 Å². The van der Waals surface area contributed by atoms with E-state index < -0.39 is 29.7 Å². The van der Waals surface area contributed by atoms with E-state index in [0.29, 0.717) is 0 Å². The predicted octanol–water partition coefficient (Wildman–Crippen LogP) is 1.72. The fraction of sp³-hybridized carbons (Fsp3) is 0.533. The molecule has 0 aromatic heterocycles. The van der Waals surface area contributed by atoms with Crippen molar-refractivity contribution >= 4 is 11.8 Å². The molecule has 0 radical (unpaired) electrons. The summed E-state index contributed by atoms with van der Waals surface area (Å²) in [6, 6.07) is 3.55. The Hall–Kier alpha value is -1.86. The third-order valence-electron chi connectivity index (χ3n) is 2.84. The van der Waals surface area contributed by atoms with Crippen molar-refractivity contribution in [1.82, 2.24) is 5.32 Å². The van der Waals surface area contributed by atoms with Crippen molar-refractivity contribution in [1.29, 1.82) is 0 Å². The molecule has 6 nitrogen and oxygen atoms in total. The molecule has 0 aliphatic heterocycles. The van der Waals surface area contributed by atoms with Gasteiger partial charge in [0, 0.05) is 17.8 Å². The lowest BCUT2D eigenvalue weighted by Crippen LogP contribution is -2.34. The van der Waals surface area contributed by atoms with Crippen LogP contribution in [0.1, 0.15) is 38.9 Å². The fourth-order valence-electron chi connectivity index (χ4n) is 1.82. The number of rotatable bonds is 5. The van der Waals surface area contributed by atoms with Gasteiger partial charge in [-0.1, -0.05) is 6.07 Å². The van der Waals surface area contributed by atoms with Gasteiger partial charge < -0.3 is 26.0 Å². The highest BCUT2D eigenvalue weighted by Crippen LogP contribution is 2.25. The van der Waals surface area contributed by atoms with E-state index in [9.17, 15) is 19.4 Å². The summed E-state index contributed by atoms with van der Waals surface area (Å²) in [5.74, 6) is -0.519. The zero-order valence-corrected chi connectivity index (χ0v) is 13.0. The number of carbonyl (C=O) groups excluding carboxylic acids is 1. The topological polar surface area (TPSA) is 105 Å². The highest BCUT2D eigenvalue weighted by atomic mass is 19.1. The van der Waals surface area contributed by atoms with E-state index in [-0.39, 0.29) is 24.2 Å². The Labute approximate surface area is 129 Å². The molecule has 0 aliphatic carbocycles. The first kappa shape index (κ1) is 18.2. The summed E-state index contributed by atoms with van der Waals surface area (Å²) < 4.78 is 18.0. The minimum absolute atomic E-state index is 0.0617. The van der Waals surface area contributed by atoms with Crippen molar-refractivity contribution in [2.24, 2.45) is 0 Å². The van der Waals surface area contributed by atoms with Crippen molar-refractivity contribution < 1.29 is 24.1 Å². The van der Waals surface area contributed by atoms with Crippen LogP contribution in [0.2, 0.25) is 0 Å². The van der Waals surface area contributed by atoms with Crippen molar-refractivity contribution in [2.75, 3.05) is 12.3 Å². The SMILES string of the molecule is CC(C)(C)OC(=O)NCCC(O)C(O)c1ccc(F)cc1N. The Kier molecular flexibility index (Phi) is 6.13. The van der Waals surface area contributed by atoms with Crippen LogP contribution in [0.25, 0.3) is 0 Å². The number of nitrogen functional groups attached to an aromatic ring is 1. The number of anilines is 1. The molecule has 0 spiro atoms. The molecule has 0 fully saturated rings. The van der Waals surface area contributed by atoms with Gasteiger partial charge in [-0.15, -0.1) is 0 Å². The molecular formula is C15H23FN2O4. The highest BCUT2D eigenvalue weighted by Gasteiger charge is 2.21. The third kappa shape index (κ3) is 5.87. The van der Waals surface area contributed by atoms with E-state index in [1.54, 1.807) is 20.8 Å². The summed E-state index contributed by atoms with van der Waals surface area (Å²) in [6.45, 7) is 5.34. The maximum Gasteiger partial charge on any atom is 0.407 e. The van der Waals surface area contributed by atoms with Gasteiger partial charge in [0.1, 0.15) is 17.5 Å². The summed E-state index contributed by atoms with van der Waals surface area (Å²) in [6.07, 6.45) is -2.92. The summed E-state index contributed by atoms with van der Waals surface area (Å²) in [5, 5.41) is 22.4. The van der Waals surface area contributed by atoms with Gasteiger partial charge >= 0.3 is 6.09 Å². The Bertz CT molecular complexity index is 517. The van der Waals surface area contributed by atoms with Gasteiger partial charge in [0.25, 0.3) is 0 Å². The van der Waals surface area contributed by atoms with Gasteiger partial charge in [0.15, 0.2) is 0 Å². The lowest BCUT2D eigenvalue weighted by Gasteiger charge is -2.21. The number of nitrogens with two attached hydrogens (primary N) is 1. The summed E-state index contributed by atoms with van der Waals surface area (Å²) in [4.78, 5) is 11.4. The average molecular weight is 314 g/mol. The van der Waals surface area contributed by atoms with Crippen LogP contribution >= 0.6 is 0 Å². The monoisotopic (exact) mass is 314 g/mol. The number of alkyl carbamates (subject to hydrolysis) is 1. The Morgan fingerprint density at radius 2 is 2.05 bits per heavy atom. The van der Waals surface area contributed by atoms with Gasteiger partial charge in [0.05, 0.1) is 6.10 Å². The number of nitrogens with one attached hydrogen (secondary N) is 1.